The zero-order chi connectivity index (χ0) is 22.4. The number of Topliss-reactive ketones (excluding diaryl/α,β-unsaturated/α-hetero) is 1. The van der Waals surface area contributed by atoms with Gasteiger partial charge in [0.2, 0.25) is 0 Å². The second kappa shape index (κ2) is 10.6. The lowest BCUT2D eigenvalue weighted by atomic mass is 9.94. The molecule has 1 N–H and O–H groups in total. The Morgan fingerprint density at radius 2 is 1.48 bits per heavy atom. The van der Waals surface area contributed by atoms with Gasteiger partial charge in [0.05, 0.1) is 15.6 Å². The first-order valence-electron chi connectivity index (χ1n) is 10.3. The van der Waals surface area contributed by atoms with Gasteiger partial charge in [-0.15, -0.1) is 0 Å². The molecule has 0 heterocycles. The molecule has 160 valence electrons. The normalized spacial score (nSPS) is 10.8. The molecule has 0 fully saturated rings. The minimum atomic E-state index is -1.04. The van der Waals surface area contributed by atoms with Crippen molar-refractivity contribution in [1.29, 1.82) is 0 Å². The number of carbonyl (C=O) groups is 2. The Bertz CT molecular complexity index is 1090. The molecule has 0 atom stereocenters. The fourth-order valence-corrected chi connectivity index (χ4v) is 3.83. The Morgan fingerprint density at radius 1 is 0.806 bits per heavy atom. The van der Waals surface area contributed by atoms with E-state index in [0.29, 0.717) is 15.6 Å². The Labute approximate surface area is 192 Å². The predicted octanol–water partition coefficient (Wildman–Crippen LogP) is 7.06. The highest BCUT2D eigenvalue weighted by Gasteiger charge is 2.15. The molecule has 0 aliphatic rings. The van der Waals surface area contributed by atoms with E-state index in [1.165, 1.54) is 5.56 Å². The molecule has 0 aliphatic carbocycles. The summed E-state index contributed by atoms with van der Waals surface area (Å²) in [6.45, 7) is 2.17. The van der Waals surface area contributed by atoms with Crippen molar-refractivity contribution < 1.29 is 14.7 Å². The van der Waals surface area contributed by atoms with Crippen molar-refractivity contribution >= 4 is 35.0 Å². The van der Waals surface area contributed by atoms with Gasteiger partial charge in [0, 0.05) is 12.8 Å². The molecule has 0 saturated carbocycles. The standard InChI is InChI=1S/C26H24Cl2O3/c1-2-3-4-17-5-8-19(9-6-17)20-10-11-21(23(16-20)26(30)31)15-22(29)13-18-7-12-24(27)25(28)14-18/h5-12,14,16H,2-4,13,15H2,1H3,(H,30,31). The number of aryl methyl sites for hydroxylation is 1. The maximum absolute atomic E-state index is 12.6. The molecule has 0 bridgehead atoms. The van der Waals surface area contributed by atoms with E-state index in [4.69, 9.17) is 23.2 Å². The average Bonchev–Trinajstić information content (AvgIpc) is 2.75. The van der Waals surface area contributed by atoms with E-state index in [2.05, 4.69) is 19.1 Å². The second-order valence-electron chi connectivity index (χ2n) is 7.62. The van der Waals surface area contributed by atoms with Crippen LogP contribution in [0.4, 0.5) is 0 Å². The summed E-state index contributed by atoms with van der Waals surface area (Å²) in [7, 11) is 0. The predicted molar refractivity (Wildman–Crippen MR) is 126 cm³/mol. The van der Waals surface area contributed by atoms with Gasteiger partial charge in [-0.25, -0.2) is 4.79 Å². The zero-order valence-corrected chi connectivity index (χ0v) is 18.8. The zero-order valence-electron chi connectivity index (χ0n) is 17.3. The first-order chi connectivity index (χ1) is 14.9. The number of carbonyl (C=O) groups excluding carboxylic acids is 1. The lowest BCUT2D eigenvalue weighted by Crippen LogP contribution is -2.11. The molecule has 0 radical (unpaired) electrons. The van der Waals surface area contributed by atoms with Crippen LogP contribution in [-0.4, -0.2) is 16.9 Å². The third kappa shape index (κ3) is 6.19. The van der Waals surface area contributed by atoms with Crippen LogP contribution in [0.2, 0.25) is 10.0 Å². The molecule has 0 amide bonds. The van der Waals surface area contributed by atoms with Crippen LogP contribution in [0, 0.1) is 0 Å². The number of rotatable bonds is 9. The van der Waals surface area contributed by atoms with E-state index in [-0.39, 0.29) is 24.2 Å². The summed E-state index contributed by atoms with van der Waals surface area (Å²) >= 11 is 11.9. The molecule has 0 spiro atoms. The van der Waals surface area contributed by atoms with E-state index in [0.717, 1.165) is 36.0 Å². The number of carboxylic acid groups (broad SMARTS) is 1. The van der Waals surface area contributed by atoms with Crippen LogP contribution in [0.1, 0.15) is 46.8 Å². The number of unbranched alkanes of at least 4 members (excludes halogenated alkanes) is 1. The number of carboxylic acids is 1. The molecular weight excluding hydrogens is 431 g/mol. The Morgan fingerprint density at radius 3 is 2.13 bits per heavy atom. The fourth-order valence-electron chi connectivity index (χ4n) is 3.51. The summed E-state index contributed by atoms with van der Waals surface area (Å²) in [4.78, 5) is 24.4. The van der Waals surface area contributed by atoms with Crippen molar-refractivity contribution in [3.8, 4) is 11.1 Å². The van der Waals surface area contributed by atoms with Crippen molar-refractivity contribution in [2.24, 2.45) is 0 Å². The van der Waals surface area contributed by atoms with E-state index in [1.807, 2.05) is 18.2 Å². The first-order valence-corrected chi connectivity index (χ1v) is 11.0. The minimum Gasteiger partial charge on any atom is -0.478 e. The smallest absolute Gasteiger partial charge is 0.335 e. The summed E-state index contributed by atoms with van der Waals surface area (Å²) in [5.41, 5.74) is 4.44. The summed E-state index contributed by atoms with van der Waals surface area (Å²) in [6, 6.07) is 18.5. The van der Waals surface area contributed by atoms with Crippen molar-refractivity contribution in [1.82, 2.24) is 0 Å². The highest BCUT2D eigenvalue weighted by molar-refractivity contribution is 6.42. The highest BCUT2D eigenvalue weighted by atomic mass is 35.5. The third-order valence-electron chi connectivity index (χ3n) is 5.22. The maximum atomic E-state index is 12.6. The van der Waals surface area contributed by atoms with Crippen LogP contribution in [0.5, 0.6) is 0 Å². The SMILES string of the molecule is CCCCc1ccc(-c2ccc(CC(=O)Cc3ccc(Cl)c(Cl)c3)c(C(=O)O)c2)cc1. The van der Waals surface area contributed by atoms with Gasteiger partial charge in [-0.1, -0.05) is 79.0 Å². The van der Waals surface area contributed by atoms with Gasteiger partial charge < -0.3 is 5.11 Å². The monoisotopic (exact) mass is 454 g/mol. The second-order valence-corrected chi connectivity index (χ2v) is 8.43. The van der Waals surface area contributed by atoms with Gasteiger partial charge in [0.25, 0.3) is 0 Å². The summed E-state index contributed by atoms with van der Waals surface area (Å²) < 4.78 is 0. The molecule has 0 aliphatic heterocycles. The summed E-state index contributed by atoms with van der Waals surface area (Å²) in [6.07, 6.45) is 3.54. The first kappa shape index (κ1) is 23.1. The molecule has 3 aromatic carbocycles. The van der Waals surface area contributed by atoms with E-state index in [9.17, 15) is 14.7 Å². The number of hydrogen-bond donors (Lipinski definition) is 1. The largest absolute Gasteiger partial charge is 0.478 e. The number of hydrogen-bond acceptors (Lipinski definition) is 2. The number of aromatic carboxylic acids is 1. The molecule has 0 unspecified atom stereocenters. The van der Waals surface area contributed by atoms with Crippen LogP contribution in [0.3, 0.4) is 0 Å². The summed E-state index contributed by atoms with van der Waals surface area (Å²) in [5, 5.41) is 10.5. The van der Waals surface area contributed by atoms with Crippen LogP contribution >= 0.6 is 23.2 Å². The van der Waals surface area contributed by atoms with E-state index >= 15 is 0 Å². The van der Waals surface area contributed by atoms with Gasteiger partial charge in [-0.05, 0) is 58.9 Å². The molecule has 5 heteroatoms. The number of halogens is 2. The van der Waals surface area contributed by atoms with Gasteiger partial charge >= 0.3 is 5.97 Å². The lowest BCUT2D eigenvalue weighted by molar-refractivity contribution is -0.117. The van der Waals surface area contributed by atoms with Crippen molar-refractivity contribution in [2.45, 2.75) is 39.0 Å². The van der Waals surface area contributed by atoms with Crippen LogP contribution in [0.15, 0.2) is 60.7 Å². The minimum absolute atomic E-state index is 0.0398. The number of benzene rings is 3. The molecule has 31 heavy (non-hydrogen) atoms. The highest BCUT2D eigenvalue weighted by Crippen LogP contribution is 2.26. The maximum Gasteiger partial charge on any atom is 0.335 e. The van der Waals surface area contributed by atoms with Crippen molar-refractivity contribution in [2.75, 3.05) is 0 Å². The van der Waals surface area contributed by atoms with Gasteiger partial charge in [0.15, 0.2) is 0 Å². The molecule has 3 nitrogen and oxygen atoms in total. The third-order valence-corrected chi connectivity index (χ3v) is 5.96. The average molecular weight is 455 g/mol. The molecule has 3 aromatic rings. The topological polar surface area (TPSA) is 54.4 Å². The van der Waals surface area contributed by atoms with Gasteiger partial charge in [-0.3, -0.25) is 4.79 Å². The van der Waals surface area contributed by atoms with Crippen LogP contribution in [-0.2, 0) is 24.1 Å². The fraction of sp³-hybridized carbons (Fsp3) is 0.231. The quantitative estimate of drug-likeness (QED) is 0.376. The van der Waals surface area contributed by atoms with Crippen molar-refractivity contribution in [3.63, 3.8) is 0 Å². The molecule has 0 saturated heterocycles. The van der Waals surface area contributed by atoms with E-state index in [1.54, 1.807) is 30.3 Å². The number of ketones is 1. The summed E-state index contributed by atoms with van der Waals surface area (Å²) in [5.74, 6) is -1.13. The Hall–Kier alpha value is -2.62. The van der Waals surface area contributed by atoms with E-state index < -0.39 is 5.97 Å². The van der Waals surface area contributed by atoms with Crippen LogP contribution in [0.25, 0.3) is 11.1 Å². The van der Waals surface area contributed by atoms with Gasteiger partial charge in [0.1, 0.15) is 5.78 Å². The Balaban J connectivity index is 1.77. The van der Waals surface area contributed by atoms with Crippen molar-refractivity contribution in [3.05, 3.63) is 93.0 Å². The lowest BCUT2D eigenvalue weighted by Gasteiger charge is -2.10. The van der Waals surface area contributed by atoms with Crippen LogP contribution < -0.4 is 0 Å². The molecule has 3 rings (SSSR count). The van der Waals surface area contributed by atoms with Gasteiger partial charge in [-0.2, -0.15) is 0 Å². The molecular formula is C26H24Cl2O3. The Kier molecular flexibility index (Phi) is 7.89. The molecule has 0 aromatic heterocycles.